The number of carbonyl (C=O) groups is 3. The average Bonchev–Trinajstić information content (AvgIpc) is 2.93. The van der Waals surface area contributed by atoms with E-state index < -0.39 is 29.5 Å². The first-order chi connectivity index (χ1) is 13.8. The van der Waals surface area contributed by atoms with E-state index in [2.05, 4.69) is 0 Å². The van der Waals surface area contributed by atoms with E-state index in [1.807, 2.05) is 6.92 Å². The number of amides is 1. The Labute approximate surface area is 166 Å². The molecule has 3 rings (SSSR count). The smallest absolute Gasteiger partial charge is 0.303 e. The first-order valence-electron chi connectivity index (χ1n) is 9.12. The summed E-state index contributed by atoms with van der Waals surface area (Å²) in [5.74, 6) is -3.49. The molecule has 2 N–H and O–H groups in total. The lowest BCUT2D eigenvalue weighted by Gasteiger charge is -2.25. The molecule has 0 saturated carbocycles. The van der Waals surface area contributed by atoms with Crippen LogP contribution in [0.15, 0.2) is 54.1 Å². The quantitative estimate of drug-likeness (QED) is 0.442. The Balaban J connectivity index is 2.08. The Kier molecular flexibility index (Phi) is 5.77. The summed E-state index contributed by atoms with van der Waals surface area (Å²) in [6.45, 7) is 1.90. The third kappa shape index (κ3) is 4.18. The fourth-order valence-corrected chi connectivity index (χ4v) is 3.37. The fourth-order valence-electron chi connectivity index (χ4n) is 3.37. The van der Waals surface area contributed by atoms with Gasteiger partial charge in [-0.05, 0) is 31.0 Å². The zero-order valence-electron chi connectivity index (χ0n) is 15.8. The second kappa shape index (κ2) is 8.26. The number of carboxylic acids is 1. The van der Waals surface area contributed by atoms with Gasteiger partial charge in [0.05, 0.1) is 11.6 Å². The maximum absolute atomic E-state index is 13.4. The van der Waals surface area contributed by atoms with E-state index in [0.717, 1.165) is 5.56 Å². The number of carbonyl (C=O) groups excluding carboxylic acids is 2. The average molecular weight is 397 g/mol. The summed E-state index contributed by atoms with van der Waals surface area (Å²) in [5, 5.41) is 19.7. The van der Waals surface area contributed by atoms with Crippen LogP contribution in [0.25, 0.3) is 5.76 Å². The Hall–Kier alpha value is -3.48. The highest BCUT2D eigenvalue weighted by molar-refractivity contribution is 6.46. The van der Waals surface area contributed by atoms with E-state index >= 15 is 0 Å². The zero-order chi connectivity index (χ0) is 21.1. The molecule has 2 aromatic rings. The minimum absolute atomic E-state index is 0.0175. The molecule has 0 aromatic heterocycles. The molecule has 7 heteroatoms. The number of rotatable bonds is 6. The van der Waals surface area contributed by atoms with Crippen LogP contribution in [0.5, 0.6) is 0 Å². The van der Waals surface area contributed by atoms with Crippen LogP contribution < -0.4 is 0 Å². The first-order valence-corrected chi connectivity index (χ1v) is 9.12. The predicted molar refractivity (Wildman–Crippen MR) is 103 cm³/mol. The van der Waals surface area contributed by atoms with E-state index in [9.17, 15) is 23.9 Å². The standard InChI is InChI=1S/C22H20FNO5/c1-13-4-6-15(7-5-13)20(27)18-19(14-8-10-16(23)11-9-14)24(22(29)21(18)28)12-2-3-17(25)26/h4-11,19,27H,2-3,12H2,1H3,(H,25,26)/b20-18+/t19-/m0/s1. The minimum Gasteiger partial charge on any atom is -0.507 e. The van der Waals surface area contributed by atoms with Gasteiger partial charge in [0, 0.05) is 18.5 Å². The molecular formula is C22H20FNO5. The molecule has 1 saturated heterocycles. The number of ketones is 1. The van der Waals surface area contributed by atoms with Crippen LogP contribution in [-0.4, -0.2) is 39.3 Å². The number of aryl methyl sites for hydroxylation is 1. The highest BCUT2D eigenvalue weighted by Gasteiger charge is 2.45. The highest BCUT2D eigenvalue weighted by atomic mass is 19.1. The van der Waals surface area contributed by atoms with Crippen molar-refractivity contribution in [1.29, 1.82) is 0 Å². The summed E-state index contributed by atoms with van der Waals surface area (Å²) in [6.07, 6.45) is -0.0261. The lowest BCUT2D eigenvalue weighted by atomic mass is 9.95. The van der Waals surface area contributed by atoms with Crippen LogP contribution in [0, 0.1) is 12.7 Å². The molecule has 1 amide bonds. The molecule has 150 valence electrons. The van der Waals surface area contributed by atoms with Crippen molar-refractivity contribution >= 4 is 23.4 Å². The number of halogens is 1. The number of likely N-dealkylation sites (tertiary alicyclic amines) is 1. The van der Waals surface area contributed by atoms with Crippen LogP contribution in [0.2, 0.25) is 0 Å². The van der Waals surface area contributed by atoms with Gasteiger partial charge in [0.2, 0.25) is 0 Å². The molecule has 2 aromatic carbocycles. The molecule has 1 atom stereocenters. The number of nitrogens with zero attached hydrogens (tertiary/aromatic N) is 1. The Morgan fingerprint density at radius 3 is 2.24 bits per heavy atom. The molecule has 29 heavy (non-hydrogen) atoms. The van der Waals surface area contributed by atoms with Gasteiger partial charge in [-0.15, -0.1) is 0 Å². The summed E-state index contributed by atoms with van der Waals surface area (Å²) in [5.41, 5.74) is 1.70. The number of aliphatic hydroxyl groups excluding tert-OH is 1. The van der Waals surface area contributed by atoms with Gasteiger partial charge >= 0.3 is 5.97 Å². The number of hydrogen-bond acceptors (Lipinski definition) is 4. The number of aliphatic hydroxyl groups is 1. The first kappa shape index (κ1) is 20.3. The Bertz CT molecular complexity index is 979. The normalized spacial score (nSPS) is 18.3. The van der Waals surface area contributed by atoms with Crippen molar-refractivity contribution in [3.05, 3.63) is 76.6 Å². The van der Waals surface area contributed by atoms with Crippen molar-refractivity contribution in [1.82, 2.24) is 4.90 Å². The van der Waals surface area contributed by atoms with Crippen LogP contribution in [-0.2, 0) is 14.4 Å². The monoisotopic (exact) mass is 397 g/mol. The molecule has 0 spiro atoms. The second-order valence-corrected chi connectivity index (χ2v) is 6.91. The maximum Gasteiger partial charge on any atom is 0.303 e. The van der Waals surface area contributed by atoms with Gasteiger partial charge < -0.3 is 15.1 Å². The van der Waals surface area contributed by atoms with Crippen LogP contribution in [0.3, 0.4) is 0 Å². The van der Waals surface area contributed by atoms with E-state index in [4.69, 9.17) is 5.11 Å². The van der Waals surface area contributed by atoms with E-state index in [0.29, 0.717) is 11.1 Å². The van der Waals surface area contributed by atoms with Gasteiger partial charge in [-0.3, -0.25) is 14.4 Å². The van der Waals surface area contributed by atoms with Crippen molar-refractivity contribution < 1.29 is 29.0 Å². The number of carboxylic acid groups (broad SMARTS) is 1. The predicted octanol–water partition coefficient (Wildman–Crippen LogP) is 3.42. The van der Waals surface area contributed by atoms with Gasteiger partial charge in [-0.1, -0.05) is 42.0 Å². The molecular weight excluding hydrogens is 377 g/mol. The minimum atomic E-state index is -1.01. The van der Waals surface area contributed by atoms with Crippen molar-refractivity contribution in [3.63, 3.8) is 0 Å². The van der Waals surface area contributed by atoms with Crippen LogP contribution in [0.1, 0.15) is 35.6 Å². The van der Waals surface area contributed by atoms with Gasteiger partial charge in [-0.2, -0.15) is 0 Å². The Morgan fingerprint density at radius 1 is 1.03 bits per heavy atom. The molecule has 0 aliphatic carbocycles. The summed E-state index contributed by atoms with van der Waals surface area (Å²) >= 11 is 0. The lowest BCUT2D eigenvalue weighted by Crippen LogP contribution is -2.31. The second-order valence-electron chi connectivity index (χ2n) is 6.91. The lowest BCUT2D eigenvalue weighted by molar-refractivity contribution is -0.140. The van der Waals surface area contributed by atoms with Crippen molar-refractivity contribution in [2.24, 2.45) is 0 Å². The number of hydrogen-bond donors (Lipinski definition) is 2. The van der Waals surface area contributed by atoms with Crippen molar-refractivity contribution in [2.45, 2.75) is 25.8 Å². The molecule has 1 aliphatic heterocycles. The Morgan fingerprint density at radius 2 is 1.66 bits per heavy atom. The molecule has 0 unspecified atom stereocenters. The van der Waals surface area contributed by atoms with Gasteiger partial charge in [0.1, 0.15) is 11.6 Å². The largest absolute Gasteiger partial charge is 0.507 e. The number of Topliss-reactive ketones (excluding diaryl/α,β-unsaturated/α-hetero) is 1. The summed E-state index contributed by atoms with van der Waals surface area (Å²) in [4.78, 5) is 37.5. The van der Waals surface area contributed by atoms with Crippen molar-refractivity contribution in [3.8, 4) is 0 Å². The molecule has 1 heterocycles. The highest BCUT2D eigenvalue weighted by Crippen LogP contribution is 2.39. The van der Waals surface area contributed by atoms with Crippen LogP contribution >= 0.6 is 0 Å². The maximum atomic E-state index is 13.4. The molecule has 0 radical (unpaired) electrons. The molecule has 6 nitrogen and oxygen atoms in total. The molecule has 1 aliphatic rings. The number of aliphatic carboxylic acids is 1. The topological polar surface area (TPSA) is 94.9 Å². The summed E-state index contributed by atoms with van der Waals surface area (Å²) < 4.78 is 13.4. The van der Waals surface area contributed by atoms with Gasteiger partial charge in [0.15, 0.2) is 0 Å². The van der Waals surface area contributed by atoms with E-state index in [-0.39, 0.29) is 30.7 Å². The summed E-state index contributed by atoms with van der Waals surface area (Å²) in [6, 6.07) is 11.2. The number of benzene rings is 2. The van der Waals surface area contributed by atoms with Crippen LogP contribution in [0.4, 0.5) is 4.39 Å². The molecule has 0 bridgehead atoms. The fraction of sp³-hybridized carbons (Fsp3) is 0.227. The third-order valence-corrected chi connectivity index (χ3v) is 4.84. The SMILES string of the molecule is Cc1ccc(/C(O)=C2\C(=O)C(=O)N(CCCC(=O)O)[C@H]2c2ccc(F)cc2)cc1. The van der Waals surface area contributed by atoms with E-state index in [1.54, 1.807) is 24.3 Å². The van der Waals surface area contributed by atoms with Crippen molar-refractivity contribution in [2.75, 3.05) is 6.54 Å². The third-order valence-electron chi connectivity index (χ3n) is 4.84. The molecule has 1 fully saturated rings. The van der Waals surface area contributed by atoms with E-state index in [1.165, 1.54) is 29.2 Å². The zero-order valence-corrected chi connectivity index (χ0v) is 15.8. The van der Waals surface area contributed by atoms with Gasteiger partial charge in [-0.25, -0.2) is 4.39 Å². The van der Waals surface area contributed by atoms with Gasteiger partial charge in [0.25, 0.3) is 11.7 Å². The summed E-state index contributed by atoms with van der Waals surface area (Å²) in [7, 11) is 0.